The van der Waals surface area contributed by atoms with Crippen LogP contribution in [0.1, 0.15) is 30.5 Å². The number of aryl methyl sites for hydroxylation is 2. The van der Waals surface area contributed by atoms with E-state index < -0.39 is 0 Å². The average molecular weight is 234 g/mol. The normalized spacial score (nSPS) is 10.1. The van der Waals surface area contributed by atoms with E-state index in [9.17, 15) is 4.79 Å². The Morgan fingerprint density at radius 3 is 2.41 bits per heavy atom. The highest BCUT2D eigenvalue weighted by atomic mass is 16.2. The third kappa shape index (κ3) is 3.77. The zero-order valence-electron chi connectivity index (χ0n) is 11.2. The van der Waals surface area contributed by atoms with Gasteiger partial charge in [0.1, 0.15) is 0 Å². The van der Waals surface area contributed by atoms with Gasteiger partial charge in [-0.2, -0.15) is 0 Å². The van der Waals surface area contributed by atoms with Crippen LogP contribution in [0.4, 0.5) is 4.79 Å². The molecule has 3 heteroatoms. The van der Waals surface area contributed by atoms with E-state index >= 15 is 0 Å². The summed E-state index contributed by atoms with van der Waals surface area (Å²) in [4.78, 5) is 13.6. The molecule has 0 fully saturated rings. The first-order valence-electron chi connectivity index (χ1n) is 6.17. The first kappa shape index (κ1) is 13.6. The Bertz CT molecular complexity index is 384. The molecule has 0 aliphatic carbocycles. The van der Waals surface area contributed by atoms with E-state index in [2.05, 4.69) is 37.4 Å². The summed E-state index contributed by atoms with van der Waals surface area (Å²) >= 11 is 0. The van der Waals surface area contributed by atoms with Crippen LogP contribution in [0, 0.1) is 13.8 Å². The van der Waals surface area contributed by atoms with E-state index in [0.29, 0.717) is 6.54 Å². The van der Waals surface area contributed by atoms with Crippen LogP contribution in [0.25, 0.3) is 0 Å². The fraction of sp³-hybridized carbons (Fsp3) is 0.500. The number of rotatable bonds is 4. The number of nitrogens with one attached hydrogen (secondary N) is 1. The van der Waals surface area contributed by atoms with E-state index in [1.54, 1.807) is 4.90 Å². The molecule has 0 aliphatic heterocycles. The molecule has 0 heterocycles. The number of amides is 2. The number of benzene rings is 1. The van der Waals surface area contributed by atoms with Gasteiger partial charge in [-0.05, 0) is 38.8 Å². The molecule has 0 unspecified atom stereocenters. The quantitative estimate of drug-likeness (QED) is 0.853. The maximum absolute atomic E-state index is 11.8. The summed E-state index contributed by atoms with van der Waals surface area (Å²) in [5.41, 5.74) is 3.65. The number of hydrogen-bond donors (Lipinski definition) is 1. The van der Waals surface area contributed by atoms with Crippen molar-refractivity contribution in [2.45, 2.75) is 34.2 Å². The molecule has 1 rings (SSSR count). The summed E-state index contributed by atoms with van der Waals surface area (Å²) in [6.07, 6.45) is 0. The van der Waals surface area contributed by atoms with E-state index in [-0.39, 0.29) is 6.03 Å². The van der Waals surface area contributed by atoms with Gasteiger partial charge >= 0.3 is 6.03 Å². The lowest BCUT2D eigenvalue weighted by Crippen LogP contribution is -2.39. The molecule has 1 N–H and O–H groups in total. The van der Waals surface area contributed by atoms with Crippen LogP contribution in [0.15, 0.2) is 18.2 Å². The van der Waals surface area contributed by atoms with Gasteiger partial charge in [0.15, 0.2) is 0 Å². The van der Waals surface area contributed by atoms with Crippen molar-refractivity contribution in [2.75, 3.05) is 13.1 Å². The van der Waals surface area contributed by atoms with Gasteiger partial charge < -0.3 is 10.2 Å². The second-order valence-electron chi connectivity index (χ2n) is 4.26. The van der Waals surface area contributed by atoms with Crippen LogP contribution < -0.4 is 5.32 Å². The molecule has 94 valence electrons. The minimum absolute atomic E-state index is 0.00924. The Morgan fingerprint density at radius 1 is 1.24 bits per heavy atom. The molecule has 0 atom stereocenters. The third-order valence-electron chi connectivity index (χ3n) is 2.98. The van der Waals surface area contributed by atoms with Crippen molar-refractivity contribution in [3.8, 4) is 0 Å². The van der Waals surface area contributed by atoms with Gasteiger partial charge in [-0.15, -0.1) is 0 Å². The molecule has 0 spiro atoms. The Morgan fingerprint density at radius 2 is 1.88 bits per heavy atom. The van der Waals surface area contributed by atoms with Crippen molar-refractivity contribution in [1.29, 1.82) is 0 Å². The van der Waals surface area contributed by atoms with Crippen molar-refractivity contribution >= 4 is 6.03 Å². The number of urea groups is 1. The molecule has 0 radical (unpaired) electrons. The van der Waals surface area contributed by atoms with Gasteiger partial charge in [-0.3, -0.25) is 0 Å². The van der Waals surface area contributed by atoms with E-state index in [1.165, 1.54) is 16.7 Å². The van der Waals surface area contributed by atoms with Crippen molar-refractivity contribution < 1.29 is 4.79 Å². The Labute approximate surface area is 104 Å². The highest BCUT2D eigenvalue weighted by Crippen LogP contribution is 2.10. The van der Waals surface area contributed by atoms with Crippen LogP contribution in [-0.2, 0) is 6.54 Å². The van der Waals surface area contributed by atoms with Crippen LogP contribution in [0.2, 0.25) is 0 Å². The van der Waals surface area contributed by atoms with Gasteiger partial charge in [0, 0.05) is 19.6 Å². The molecule has 1 aromatic carbocycles. The first-order chi connectivity index (χ1) is 8.08. The molecule has 0 aliphatic rings. The predicted octanol–water partition coefficient (Wildman–Crippen LogP) is 2.85. The van der Waals surface area contributed by atoms with Crippen molar-refractivity contribution in [3.05, 3.63) is 34.9 Å². The molecule has 0 aromatic heterocycles. The van der Waals surface area contributed by atoms with Crippen molar-refractivity contribution in [2.24, 2.45) is 0 Å². The summed E-state index contributed by atoms with van der Waals surface area (Å²) in [5, 5.41) is 2.95. The number of carbonyl (C=O) groups is 1. The zero-order chi connectivity index (χ0) is 12.8. The van der Waals surface area contributed by atoms with E-state index in [0.717, 1.165) is 13.1 Å². The molecular formula is C14H22N2O. The lowest BCUT2D eigenvalue weighted by atomic mass is 10.1. The molecule has 0 saturated carbocycles. The molecule has 1 aromatic rings. The topological polar surface area (TPSA) is 32.3 Å². The summed E-state index contributed by atoms with van der Waals surface area (Å²) in [7, 11) is 0. The smallest absolute Gasteiger partial charge is 0.317 e. The van der Waals surface area contributed by atoms with Crippen LogP contribution >= 0.6 is 0 Å². The lowest BCUT2D eigenvalue weighted by Gasteiger charge is -2.19. The van der Waals surface area contributed by atoms with E-state index in [4.69, 9.17) is 0 Å². The van der Waals surface area contributed by atoms with E-state index in [1.807, 2.05) is 13.8 Å². The average Bonchev–Trinajstić information content (AvgIpc) is 2.29. The molecule has 3 nitrogen and oxygen atoms in total. The highest BCUT2D eigenvalue weighted by molar-refractivity contribution is 5.74. The van der Waals surface area contributed by atoms with Gasteiger partial charge in [0.25, 0.3) is 0 Å². The van der Waals surface area contributed by atoms with Crippen LogP contribution in [-0.4, -0.2) is 24.0 Å². The summed E-state index contributed by atoms with van der Waals surface area (Å²) < 4.78 is 0. The predicted molar refractivity (Wildman–Crippen MR) is 71.1 cm³/mol. The molecule has 0 saturated heterocycles. The molecule has 0 bridgehead atoms. The lowest BCUT2D eigenvalue weighted by molar-refractivity contribution is 0.203. The minimum atomic E-state index is 0.00924. The SMILES string of the molecule is CCN(CC)C(=O)NCc1ccc(C)cc1C. The largest absolute Gasteiger partial charge is 0.334 e. The number of carbonyl (C=O) groups excluding carboxylic acids is 1. The van der Waals surface area contributed by atoms with Crippen molar-refractivity contribution in [3.63, 3.8) is 0 Å². The van der Waals surface area contributed by atoms with Gasteiger partial charge in [-0.25, -0.2) is 4.79 Å². The maximum Gasteiger partial charge on any atom is 0.317 e. The second kappa shape index (κ2) is 6.28. The van der Waals surface area contributed by atoms with Crippen molar-refractivity contribution in [1.82, 2.24) is 10.2 Å². The summed E-state index contributed by atoms with van der Waals surface area (Å²) in [6.45, 7) is 10.2. The van der Waals surface area contributed by atoms with Gasteiger partial charge in [0.05, 0.1) is 0 Å². The summed E-state index contributed by atoms with van der Waals surface area (Å²) in [5.74, 6) is 0. The number of hydrogen-bond acceptors (Lipinski definition) is 1. The highest BCUT2D eigenvalue weighted by Gasteiger charge is 2.08. The fourth-order valence-electron chi connectivity index (χ4n) is 1.84. The summed E-state index contributed by atoms with van der Waals surface area (Å²) in [6, 6.07) is 6.30. The molecule has 2 amide bonds. The fourth-order valence-corrected chi connectivity index (χ4v) is 1.84. The Hall–Kier alpha value is -1.51. The minimum Gasteiger partial charge on any atom is -0.334 e. The first-order valence-corrected chi connectivity index (χ1v) is 6.17. The third-order valence-corrected chi connectivity index (χ3v) is 2.98. The van der Waals surface area contributed by atoms with Crippen LogP contribution in [0.5, 0.6) is 0 Å². The second-order valence-corrected chi connectivity index (χ2v) is 4.26. The van der Waals surface area contributed by atoms with Gasteiger partial charge in [-0.1, -0.05) is 23.8 Å². The van der Waals surface area contributed by atoms with Gasteiger partial charge in [0.2, 0.25) is 0 Å². The Kier molecular flexibility index (Phi) is 5.01. The molecular weight excluding hydrogens is 212 g/mol. The Balaban J connectivity index is 2.58. The number of nitrogens with zero attached hydrogens (tertiary/aromatic N) is 1. The molecule has 17 heavy (non-hydrogen) atoms. The monoisotopic (exact) mass is 234 g/mol. The maximum atomic E-state index is 11.8. The standard InChI is InChI=1S/C14H22N2O/c1-5-16(6-2)14(17)15-10-13-8-7-11(3)9-12(13)4/h7-9H,5-6,10H2,1-4H3,(H,15,17). The van der Waals surface area contributed by atoms with Crippen LogP contribution in [0.3, 0.4) is 0 Å². The zero-order valence-corrected chi connectivity index (χ0v) is 11.2.